The molecule has 6 heteroatoms. The maximum Gasteiger partial charge on any atom is 0.251 e. The van der Waals surface area contributed by atoms with E-state index in [1.54, 1.807) is 6.07 Å². The van der Waals surface area contributed by atoms with Gasteiger partial charge >= 0.3 is 0 Å². The minimum Gasteiger partial charge on any atom is -0.343 e. The van der Waals surface area contributed by atoms with Crippen LogP contribution < -0.4 is 5.32 Å². The van der Waals surface area contributed by atoms with Crippen molar-refractivity contribution < 1.29 is 14.4 Å². The van der Waals surface area contributed by atoms with E-state index in [-0.39, 0.29) is 23.6 Å². The molecule has 6 nitrogen and oxygen atoms in total. The van der Waals surface area contributed by atoms with Crippen molar-refractivity contribution in [3.8, 4) is 0 Å². The molecular weight excluding hydrogens is 366 g/mol. The normalized spacial score (nSPS) is 19.0. The maximum atomic E-state index is 13.3. The first kappa shape index (κ1) is 21.3. The minimum atomic E-state index is -0.528. The highest BCUT2D eigenvalue weighted by Crippen LogP contribution is 2.24. The predicted octanol–water partition coefficient (Wildman–Crippen LogP) is 2.75. The van der Waals surface area contributed by atoms with Gasteiger partial charge in [0, 0.05) is 38.2 Å². The van der Waals surface area contributed by atoms with Gasteiger partial charge in [-0.1, -0.05) is 24.6 Å². The Morgan fingerprint density at radius 3 is 2.34 bits per heavy atom. The third-order valence-corrected chi connectivity index (χ3v) is 6.17. The van der Waals surface area contributed by atoms with Crippen molar-refractivity contribution in [2.24, 2.45) is 5.92 Å². The van der Waals surface area contributed by atoms with E-state index in [2.05, 4.69) is 5.32 Å². The number of piperidine rings is 2. The molecule has 0 saturated carbocycles. The first-order valence-corrected chi connectivity index (χ1v) is 10.9. The number of nitrogens with one attached hydrogen (secondary N) is 1. The summed E-state index contributed by atoms with van der Waals surface area (Å²) >= 11 is 0. The van der Waals surface area contributed by atoms with Crippen LogP contribution in [0.5, 0.6) is 0 Å². The molecule has 2 aliphatic rings. The summed E-state index contributed by atoms with van der Waals surface area (Å²) in [5.74, 6) is 0.0485. The van der Waals surface area contributed by atoms with Crippen molar-refractivity contribution in [2.45, 2.75) is 58.4 Å². The Bertz CT molecular complexity index is 735. The number of amides is 3. The van der Waals surface area contributed by atoms with Gasteiger partial charge in [-0.05, 0) is 57.1 Å². The molecule has 0 spiro atoms. The average Bonchev–Trinajstić information content (AvgIpc) is 2.77. The summed E-state index contributed by atoms with van der Waals surface area (Å²) in [6.07, 6.45) is 5.18. The maximum absolute atomic E-state index is 13.3. The van der Waals surface area contributed by atoms with Crippen LogP contribution in [0.15, 0.2) is 24.3 Å². The van der Waals surface area contributed by atoms with Crippen LogP contribution in [0.25, 0.3) is 0 Å². The number of rotatable bonds is 5. The van der Waals surface area contributed by atoms with Gasteiger partial charge in [0.1, 0.15) is 6.04 Å². The number of likely N-dealkylation sites (tertiary alicyclic amines) is 2. The summed E-state index contributed by atoms with van der Waals surface area (Å²) in [6, 6.07) is 6.92. The average molecular weight is 400 g/mol. The standard InChI is InChI=1S/C23H33N3O3/c1-3-20(27)25-14-10-18(11-15-25)21(23(29)26-12-5-4-6-13-26)24-22(28)19-9-7-8-17(2)16-19/h7-9,16,18,21H,3-6,10-15H2,1-2H3,(H,24,28)/t21-/m1/s1. The van der Waals surface area contributed by atoms with Crippen LogP contribution in [0.4, 0.5) is 0 Å². The van der Waals surface area contributed by atoms with Gasteiger partial charge in [-0.3, -0.25) is 14.4 Å². The largest absolute Gasteiger partial charge is 0.343 e. The first-order chi connectivity index (χ1) is 14.0. The number of nitrogens with zero attached hydrogens (tertiary/aromatic N) is 2. The SMILES string of the molecule is CCC(=O)N1CCC([C@@H](NC(=O)c2cccc(C)c2)C(=O)N2CCCCC2)CC1. The van der Waals surface area contributed by atoms with Gasteiger partial charge < -0.3 is 15.1 Å². The Balaban J connectivity index is 1.74. The summed E-state index contributed by atoms with van der Waals surface area (Å²) in [6.45, 7) is 6.67. The molecule has 158 valence electrons. The summed E-state index contributed by atoms with van der Waals surface area (Å²) in [4.78, 5) is 42.0. The van der Waals surface area contributed by atoms with E-state index in [1.807, 2.05) is 41.8 Å². The number of hydrogen-bond acceptors (Lipinski definition) is 3. The molecule has 0 aliphatic carbocycles. The lowest BCUT2D eigenvalue weighted by molar-refractivity contribution is -0.136. The van der Waals surface area contributed by atoms with Crippen LogP contribution in [0.2, 0.25) is 0 Å². The fourth-order valence-corrected chi connectivity index (χ4v) is 4.41. The van der Waals surface area contributed by atoms with Gasteiger partial charge in [-0.15, -0.1) is 0 Å². The lowest BCUT2D eigenvalue weighted by atomic mass is 9.87. The number of hydrogen-bond donors (Lipinski definition) is 1. The fourth-order valence-electron chi connectivity index (χ4n) is 4.41. The van der Waals surface area contributed by atoms with Crippen molar-refractivity contribution in [1.82, 2.24) is 15.1 Å². The molecule has 29 heavy (non-hydrogen) atoms. The fraction of sp³-hybridized carbons (Fsp3) is 0.609. The van der Waals surface area contributed by atoms with Crippen LogP contribution in [0.3, 0.4) is 0 Å². The van der Waals surface area contributed by atoms with Gasteiger partial charge in [-0.25, -0.2) is 0 Å². The molecule has 2 fully saturated rings. The van der Waals surface area contributed by atoms with Gasteiger partial charge in [-0.2, -0.15) is 0 Å². The van der Waals surface area contributed by atoms with Crippen molar-refractivity contribution in [2.75, 3.05) is 26.2 Å². The second-order valence-electron chi connectivity index (χ2n) is 8.28. The summed E-state index contributed by atoms with van der Waals surface area (Å²) < 4.78 is 0. The summed E-state index contributed by atoms with van der Waals surface area (Å²) in [5, 5.41) is 3.05. The second kappa shape index (κ2) is 9.90. The molecule has 3 rings (SSSR count). The lowest BCUT2D eigenvalue weighted by Gasteiger charge is -2.38. The number of aryl methyl sites for hydroxylation is 1. The molecule has 0 unspecified atom stereocenters. The van der Waals surface area contributed by atoms with Crippen molar-refractivity contribution >= 4 is 17.7 Å². The van der Waals surface area contributed by atoms with Crippen LogP contribution >= 0.6 is 0 Å². The van der Waals surface area contributed by atoms with E-state index in [1.165, 1.54) is 0 Å². The molecule has 1 aromatic carbocycles. The molecule has 2 aliphatic heterocycles. The van der Waals surface area contributed by atoms with Gasteiger partial charge in [0.25, 0.3) is 5.91 Å². The zero-order valence-corrected chi connectivity index (χ0v) is 17.7. The van der Waals surface area contributed by atoms with Crippen molar-refractivity contribution in [1.29, 1.82) is 0 Å². The Hall–Kier alpha value is -2.37. The molecular formula is C23H33N3O3. The Labute approximate surface area is 173 Å². The highest BCUT2D eigenvalue weighted by molar-refractivity contribution is 5.97. The Morgan fingerprint density at radius 1 is 1.03 bits per heavy atom. The van der Waals surface area contributed by atoms with Crippen LogP contribution in [-0.4, -0.2) is 59.7 Å². The summed E-state index contributed by atoms with van der Waals surface area (Å²) in [5.41, 5.74) is 1.60. The summed E-state index contributed by atoms with van der Waals surface area (Å²) in [7, 11) is 0. The van der Waals surface area contributed by atoms with E-state index < -0.39 is 6.04 Å². The number of carbonyl (C=O) groups is 3. The molecule has 0 aromatic heterocycles. The molecule has 1 N–H and O–H groups in total. The third kappa shape index (κ3) is 5.37. The van der Waals surface area contributed by atoms with E-state index in [0.29, 0.717) is 25.1 Å². The molecule has 2 heterocycles. The van der Waals surface area contributed by atoms with Gasteiger partial charge in [0.15, 0.2) is 0 Å². The monoisotopic (exact) mass is 399 g/mol. The Kier molecular flexibility index (Phi) is 7.29. The second-order valence-corrected chi connectivity index (χ2v) is 8.28. The van der Waals surface area contributed by atoms with Crippen LogP contribution in [0.1, 0.15) is 61.4 Å². The van der Waals surface area contributed by atoms with Crippen molar-refractivity contribution in [3.63, 3.8) is 0 Å². The van der Waals surface area contributed by atoms with Crippen LogP contribution in [0, 0.1) is 12.8 Å². The predicted molar refractivity (Wildman–Crippen MR) is 112 cm³/mol. The molecule has 1 aromatic rings. The molecule has 2 saturated heterocycles. The van der Waals surface area contributed by atoms with E-state index in [4.69, 9.17) is 0 Å². The van der Waals surface area contributed by atoms with E-state index >= 15 is 0 Å². The highest BCUT2D eigenvalue weighted by Gasteiger charge is 2.36. The van der Waals surface area contributed by atoms with Crippen LogP contribution in [-0.2, 0) is 9.59 Å². The molecule has 0 radical (unpaired) electrons. The number of carbonyl (C=O) groups excluding carboxylic acids is 3. The topological polar surface area (TPSA) is 69.7 Å². The van der Waals surface area contributed by atoms with Crippen molar-refractivity contribution in [3.05, 3.63) is 35.4 Å². The zero-order chi connectivity index (χ0) is 20.8. The third-order valence-electron chi connectivity index (χ3n) is 6.17. The minimum absolute atomic E-state index is 0.0333. The highest BCUT2D eigenvalue weighted by atomic mass is 16.2. The molecule has 1 atom stereocenters. The quantitative estimate of drug-likeness (QED) is 0.828. The lowest BCUT2D eigenvalue weighted by Crippen LogP contribution is -2.55. The van der Waals surface area contributed by atoms with Gasteiger partial charge in [0.2, 0.25) is 11.8 Å². The van der Waals surface area contributed by atoms with E-state index in [9.17, 15) is 14.4 Å². The molecule has 3 amide bonds. The smallest absolute Gasteiger partial charge is 0.251 e. The molecule has 0 bridgehead atoms. The first-order valence-electron chi connectivity index (χ1n) is 10.9. The van der Waals surface area contributed by atoms with Gasteiger partial charge in [0.05, 0.1) is 0 Å². The van der Waals surface area contributed by atoms with E-state index in [0.717, 1.165) is 50.8 Å². The Morgan fingerprint density at radius 2 is 1.72 bits per heavy atom. The number of benzene rings is 1. The zero-order valence-electron chi connectivity index (χ0n) is 17.7.